The van der Waals surface area contributed by atoms with Crippen molar-refractivity contribution in [1.82, 2.24) is 4.90 Å². The lowest BCUT2D eigenvalue weighted by Gasteiger charge is -2.26. The van der Waals surface area contributed by atoms with Gasteiger partial charge in [0.05, 0.1) is 0 Å². The molecule has 0 spiro atoms. The van der Waals surface area contributed by atoms with Gasteiger partial charge in [-0.1, -0.05) is 0 Å². The topological polar surface area (TPSA) is 20.3 Å². The molecule has 2 nitrogen and oxygen atoms in total. The maximum Gasteiger partial charge on any atom is 0.110 e. The second-order valence-electron chi connectivity index (χ2n) is 2.93. The Morgan fingerprint density at radius 3 is 2.55 bits per heavy atom. The number of nitrogens with zero attached hydrogens (tertiary/aromatic N) is 1. The molecule has 1 aliphatic heterocycles. The molecule has 1 heterocycles. The molecule has 1 fully saturated rings. The Morgan fingerprint density at radius 1 is 1.55 bits per heavy atom. The van der Waals surface area contributed by atoms with E-state index in [2.05, 4.69) is 0 Å². The summed E-state index contributed by atoms with van der Waals surface area (Å²) >= 11 is 0. The van der Waals surface area contributed by atoms with Gasteiger partial charge in [-0.05, 0) is 6.92 Å². The van der Waals surface area contributed by atoms with Crippen LogP contribution in [0.3, 0.4) is 0 Å². The molecule has 11 heavy (non-hydrogen) atoms. The number of hydrogen-bond acceptors (Lipinski definition) is 2. The summed E-state index contributed by atoms with van der Waals surface area (Å²) in [6.45, 7) is 3.64. The maximum absolute atomic E-state index is 12.5. The Morgan fingerprint density at radius 2 is 2.09 bits per heavy atom. The summed E-state index contributed by atoms with van der Waals surface area (Å²) in [5, 5.41) is 0. The van der Waals surface area contributed by atoms with Crippen LogP contribution < -0.4 is 0 Å². The van der Waals surface area contributed by atoms with Crippen molar-refractivity contribution >= 4 is 10.8 Å². The van der Waals surface area contributed by atoms with Crippen molar-refractivity contribution in [1.29, 1.82) is 0 Å². The van der Waals surface area contributed by atoms with Gasteiger partial charge >= 0.3 is 0 Å². The molecule has 0 bridgehead atoms. The number of halogens is 1. The van der Waals surface area contributed by atoms with Gasteiger partial charge < -0.3 is 0 Å². The minimum absolute atomic E-state index is 0.497. The summed E-state index contributed by atoms with van der Waals surface area (Å²) in [6.07, 6.45) is -0.762. The van der Waals surface area contributed by atoms with E-state index in [4.69, 9.17) is 0 Å². The summed E-state index contributed by atoms with van der Waals surface area (Å²) in [5.74, 6) is 1.43. The maximum atomic E-state index is 12.5. The molecule has 0 aromatic heterocycles. The second kappa shape index (κ2) is 4.16. The first-order valence-electron chi connectivity index (χ1n) is 3.90. The van der Waals surface area contributed by atoms with E-state index in [1.54, 1.807) is 6.92 Å². The Balaban J connectivity index is 2.22. The van der Waals surface area contributed by atoms with Crippen molar-refractivity contribution < 1.29 is 8.60 Å². The molecular weight excluding hydrogens is 165 g/mol. The van der Waals surface area contributed by atoms with Gasteiger partial charge in [-0.2, -0.15) is 0 Å². The number of alkyl halides is 1. The largest absolute Gasteiger partial charge is 0.299 e. The predicted octanol–water partition coefficient (Wildman–Crippen LogP) is 0.409. The Hall–Kier alpha value is 0.0400. The molecule has 4 heteroatoms. The summed E-state index contributed by atoms with van der Waals surface area (Å²) in [4.78, 5) is 2.03. The van der Waals surface area contributed by atoms with E-state index in [0.29, 0.717) is 18.1 Å². The fourth-order valence-corrected chi connectivity index (χ4v) is 2.34. The van der Waals surface area contributed by atoms with E-state index in [-0.39, 0.29) is 0 Å². The third-order valence-corrected chi connectivity index (χ3v) is 3.06. The molecule has 1 saturated heterocycles. The van der Waals surface area contributed by atoms with Crippen molar-refractivity contribution in [2.75, 3.05) is 31.1 Å². The number of rotatable bonds is 2. The van der Waals surface area contributed by atoms with Crippen LogP contribution in [0.4, 0.5) is 4.39 Å². The Bertz CT molecular complexity index is 141. The first-order chi connectivity index (χ1) is 5.18. The molecule has 0 N–H and O–H groups in total. The first kappa shape index (κ1) is 9.13. The molecule has 1 aliphatic rings. The monoisotopic (exact) mass is 179 g/mol. The lowest BCUT2D eigenvalue weighted by Crippen LogP contribution is -2.40. The van der Waals surface area contributed by atoms with Gasteiger partial charge in [-0.25, -0.2) is 4.39 Å². The lowest BCUT2D eigenvalue weighted by molar-refractivity contribution is 0.215. The SMILES string of the molecule is CC(F)CN1CCS(=O)CC1. The van der Waals surface area contributed by atoms with E-state index in [1.807, 2.05) is 4.90 Å². The summed E-state index contributed by atoms with van der Waals surface area (Å²) in [5.41, 5.74) is 0. The zero-order chi connectivity index (χ0) is 8.27. The van der Waals surface area contributed by atoms with E-state index in [9.17, 15) is 8.60 Å². The molecule has 66 valence electrons. The van der Waals surface area contributed by atoms with Crippen LogP contribution in [0.25, 0.3) is 0 Å². The molecule has 1 unspecified atom stereocenters. The smallest absolute Gasteiger partial charge is 0.110 e. The highest BCUT2D eigenvalue weighted by atomic mass is 32.2. The summed E-state index contributed by atoms with van der Waals surface area (Å²) in [6, 6.07) is 0. The molecule has 1 rings (SSSR count). The molecule has 1 atom stereocenters. The van der Waals surface area contributed by atoms with Crippen LogP contribution in [0, 0.1) is 0 Å². The molecule has 0 aliphatic carbocycles. The first-order valence-corrected chi connectivity index (χ1v) is 5.38. The van der Waals surface area contributed by atoms with E-state index in [1.165, 1.54) is 0 Å². The average molecular weight is 179 g/mol. The van der Waals surface area contributed by atoms with Gasteiger partial charge in [0.15, 0.2) is 0 Å². The minimum Gasteiger partial charge on any atom is -0.299 e. The highest BCUT2D eigenvalue weighted by Gasteiger charge is 2.16. The average Bonchev–Trinajstić information content (AvgIpc) is 1.93. The van der Waals surface area contributed by atoms with E-state index in [0.717, 1.165) is 13.1 Å². The van der Waals surface area contributed by atoms with Gasteiger partial charge in [0.1, 0.15) is 6.17 Å². The van der Waals surface area contributed by atoms with Crippen molar-refractivity contribution in [3.8, 4) is 0 Å². The van der Waals surface area contributed by atoms with Crippen LogP contribution in [-0.4, -0.2) is 46.4 Å². The Kier molecular flexibility index (Phi) is 3.45. The van der Waals surface area contributed by atoms with Crippen LogP contribution in [0.2, 0.25) is 0 Å². The molecule has 0 aromatic carbocycles. The summed E-state index contributed by atoms with van der Waals surface area (Å²) < 4.78 is 23.4. The van der Waals surface area contributed by atoms with Gasteiger partial charge in [0.25, 0.3) is 0 Å². The van der Waals surface area contributed by atoms with E-state index >= 15 is 0 Å². The van der Waals surface area contributed by atoms with Gasteiger partial charge in [0.2, 0.25) is 0 Å². The third kappa shape index (κ3) is 3.29. The fraction of sp³-hybridized carbons (Fsp3) is 1.00. The lowest BCUT2D eigenvalue weighted by atomic mass is 10.4. The van der Waals surface area contributed by atoms with Gasteiger partial charge in [-0.3, -0.25) is 9.11 Å². The highest BCUT2D eigenvalue weighted by Crippen LogP contribution is 2.02. The highest BCUT2D eigenvalue weighted by molar-refractivity contribution is 7.85. The molecule has 0 radical (unpaired) electrons. The van der Waals surface area contributed by atoms with E-state index < -0.39 is 17.0 Å². The third-order valence-electron chi connectivity index (χ3n) is 1.78. The second-order valence-corrected chi connectivity index (χ2v) is 4.63. The molecule has 0 saturated carbocycles. The van der Waals surface area contributed by atoms with Crippen LogP contribution >= 0.6 is 0 Å². The predicted molar refractivity (Wildman–Crippen MR) is 44.9 cm³/mol. The molecule has 0 aromatic rings. The van der Waals surface area contributed by atoms with Crippen molar-refractivity contribution in [3.63, 3.8) is 0 Å². The summed E-state index contributed by atoms with van der Waals surface area (Å²) in [7, 11) is -0.640. The van der Waals surface area contributed by atoms with Crippen molar-refractivity contribution in [2.24, 2.45) is 0 Å². The van der Waals surface area contributed by atoms with Crippen LogP contribution in [0.5, 0.6) is 0 Å². The minimum atomic E-state index is -0.762. The zero-order valence-corrected chi connectivity index (χ0v) is 7.57. The molecular formula is C7H14FNOS. The van der Waals surface area contributed by atoms with Crippen LogP contribution in [0.15, 0.2) is 0 Å². The zero-order valence-electron chi connectivity index (χ0n) is 6.75. The quantitative estimate of drug-likeness (QED) is 0.612. The molecule has 0 amide bonds. The van der Waals surface area contributed by atoms with Crippen LogP contribution in [0.1, 0.15) is 6.92 Å². The van der Waals surface area contributed by atoms with Gasteiger partial charge in [0, 0.05) is 41.9 Å². The van der Waals surface area contributed by atoms with Crippen molar-refractivity contribution in [3.05, 3.63) is 0 Å². The Labute approximate surface area is 69.2 Å². The normalized spacial score (nSPS) is 25.3. The van der Waals surface area contributed by atoms with Gasteiger partial charge in [-0.15, -0.1) is 0 Å². The van der Waals surface area contributed by atoms with Crippen LogP contribution in [-0.2, 0) is 10.8 Å². The fourth-order valence-electron chi connectivity index (χ4n) is 1.21. The van der Waals surface area contributed by atoms with Crippen molar-refractivity contribution in [2.45, 2.75) is 13.1 Å². The number of hydrogen-bond donors (Lipinski definition) is 0. The standard InChI is InChI=1S/C7H14FNOS/c1-7(8)6-9-2-4-11(10)5-3-9/h7H,2-6H2,1H3.